The molecule has 4 aromatic rings. The molecule has 0 aliphatic carbocycles. The predicted octanol–water partition coefficient (Wildman–Crippen LogP) is 6.60. The number of carbonyl (C=O) groups is 1. The van der Waals surface area contributed by atoms with Crippen molar-refractivity contribution in [3.63, 3.8) is 0 Å². The van der Waals surface area contributed by atoms with Crippen molar-refractivity contribution in [3.8, 4) is 22.8 Å². The molecule has 4 rings (SSSR count). The van der Waals surface area contributed by atoms with Gasteiger partial charge in [-0.1, -0.05) is 35.3 Å². The topological polar surface area (TPSA) is 101 Å². The van der Waals surface area contributed by atoms with Crippen LogP contribution in [0.1, 0.15) is 12.0 Å². The molecule has 0 fully saturated rings. The molecule has 0 aliphatic heterocycles. The zero-order valence-corrected chi connectivity index (χ0v) is 24.6. The van der Waals surface area contributed by atoms with Crippen LogP contribution in [0.3, 0.4) is 0 Å². The fourth-order valence-corrected chi connectivity index (χ4v) is 5.03. The molecule has 210 valence electrons. The SMILES string of the molecule is COc1cc(OC)c(Cl)c(-c2cc3cnc(Nc4c(C)cccc4NC=O)cc3c(NCCCN(C)C)n2)c1Cl. The van der Waals surface area contributed by atoms with E-state index in [1.165, 1.54) is 14.2 Å². The number of fused-ring (bicyclic) bond motifs is 1. The van der Waals surface area contributed by atoms with Crippen molar-refractivity contribution in [2.24, 2.45) is 0 Å². The third-order valence-electron chi connectivity index (χ3n) is 6.36. The fraction of sp³-hybridized carbons (Fsp3) is 0.276. The Morgan fingerprint density at radius 1 is 1.05 bits per heavy atom. The van der Waals surface area contributed by atoms with Crippen LogP contribution in [-0.4, -0.2) is 62.7 Å². The van der Waals surface area contributed by atoms with Crippen LogP contribution >= 0.6 is 23.2 Å². The quantitative estimate of drug-likeness (QED) is 0.127. The summed E-state index contributed by atoms with van der Waals surface area (Å²) in [6, 6.07) is 11.1. The normalized spacial score (nSPS) is 11.0. The van der Waals surface area contributed by atoms with Crippen LogP contribution in [0.2, 0.25) is 10.0 Å². The van der Waals surface area contributed by atoms with E-state index in [0.29, 0.717) is 63.1 Å². The minimum atomic E-state index is 0.333. The van der Waals surface area contributed by atoms with E-state index in [-0.39, 0.29) is 0 Å². The molecule has 0 aliphatic rings. The molecule has 3 N–H and O–H groups in total. The van der Waals surface area contributed by atoms with Gasteiger partial charge < -0.3 is 30.3 Å². The molecule has 2 heterocycles. The maximum absolute atomic E-state index is 11.1. The van der Waals surface area contributed by atoms with Gasteiger partial charge in [-0.05, 0) is 57.7 Å². The number of benzene rings is 2. The van der Waals surface area contributed by atoms with E-state index in [1.807, 2.05) is 51.4 Å². The zero-order valence-electron chi connectivity index (χ0n) is 23.1. The van der Waals surface area contributed by atoms with Gasteiger partial charge in [-0.3, -0.25) is 4.79 Å². The Morgan fingerprint density at radius 2 is 1.77 bits per heavy atom. The summed E-state index contributed by atoms with van der Waals surface area (Å²) in [7, 11) is 7.15. The van der Waals surface area contributed by atoms with Gasteiger partial charge in [-0.25, -0.2) is 9.97 Å². The van der Waals surface area contributed by atoms with Crippen LogP contribution < -0.4 is 25.4 Å². The Labute approximate surface area is 243 Å². The van der Waals surface area contributed by atoms with Crippen molar-refractivity contribution >= 4 is 63.4 Å². The molecular formula is C29H32Cl2N6O3. The summed E-state index contributed by atoms with van der Waals surface area (Å²) < 4.78 is 10.9. The smallest absolute Gasteiger partial charge is 0.211 e. The van der Waals surface area contributed by atoms with E-state index in [2.05, 4.69) is 25.8 Å². The van der Waals surface area contributed by atoms with Crippen molar-refractivity contribution in [1.29, 1.82) is 0 Å². The second-order valence-corrected chi connectivity index (χ2v) is 10.2. The molecule has 0 saturated heterocycles. The third-order valence-corrected chi connectivity index (χ3v) is 7.11. The number of aryl methyl sites for hydroxylation is 1. The van der Waals surface area contributed by atoms with Gasteiger partial charge in [0.05, 0.1) is 41.3 Å². The van der Waals surface area contributed by atoms with E-state index in [9.17, 15) is 4.79 Å². The fourth-order valence-electron chi connectivity index (χ4n) is 4.34. The molecular weight excluding hydrogens is 551 g/mol. The minimum Gasteiger partial charge on any atom is -0.495 e. The van der Waals surface area contributed by atoms with Gasteiger partial charge in [0.25, 0.3) is 0 Å². The number of hydrogen-bond donors (Lipinski definition) is 3. The van der Waals surface area contributed by atoms with Crippen LogP contribution in [0.4, 0.5) is 23.0 Å². The van der Waals surface area contributed by atoms with Crippen LogP contribution in [0.15, 0.2) is 42.6 Å². The number of methoxy groups -OCH3 is 2. The number of pyridine rings is 2. The van der Waals surface area contributed by atoms with Crippen LogP contribution in [-0.2, 0) is 4.79 Å². The third kappa shape index (κ3) is 6.33. The summed E-state index contributed by atoms with van der Waals surface area (Å²) in [5.74, 6) is 2.11. The molecule has 0 radical (unpaired) electrons. The van der Waals surface area contributed by atoms with Crippen LogP contribution in [0.25, 0.3) is 22.0 Å². The number of rotatable bonds is 12. The highest BCUT2D eigenvalue weighted by atomic mass is 35.5. The summed E-state index contributed by atoms with van der Waals surface area (Å²) in [5, 5.41) is 11.9. The molecule has 0 atom stereocenters. The second-order valence-electron chi connectivity index (χ2n) is 9.40. The highest BCUT2D eigenvalue weighted by Gasteiger charge is 2.21. The summed E-state index contributed by atoms with van der Waals surface area (Å²) in [6.45, 7) is 3.58. The Bertz CT molecular complexity index is 1500. The van der Waals surface area contributed by atoms with Crippen LogP contribution in [0, 0.1) is 6.92 Å². The summed E-state index contributed by atoms with van der Waals surface area (Å²) >= 11 is 13.5. The molecule has 0 bridgehead atoms. The lowest BCUT2D eigenvalue weighted by Gasteiger charge is -2.18. The molecule has 40 heavy (non-hydrogen) atoms. The van der Waals surface area contributed by atoms with Crippen molar-refractivity contribution in [2.45, 2.75) is 13.3 Å². The molecule has 0 unspecified atom stereocenters. The lowest BCUT2D eigenvalue weighted by Crippen LogP contribution is -2.16. The molecule has 11 heteroatoms. The molecule has 2 aromatic heterocycles. The molecule has 0 saturated carbocycles. The lowest BCUT2D eigenvalue weighted by molar-refractivity contribution is -0.105. The van der Waals surface area contributed by atoms with E-state index >= 15 is 0 Å². The van der Waals surface area contributed by atoms with Crippen LogP contribution in [0.5, 0.6) is 11.5 Å². The number of hydrogen-bond acceptors (Lipinski definition) is 8. The molecule has 0 spiro atoms. The monoisotopic (exact) mass is 582 g/mol. The largest absolute Gasteiger partial charge is 0.495 e. The van der Waals surface area contributed by atoms with Gasteiger partial charge in [0.1, 0.15) is 23.1 Å². The summed E-state index contributed by atoms with van der Waals surface area (Å²) in [5.41, 5.74) is 3.43. The van der Waals surface area contributed by atoms with Gasteiger partial charge in [-0.15, -0.1) is 0 Å². The van der Waals surface area contributed by atoms with E-state index < -0.39 is 0 Å². The first-order valence-corrected chi connectivity index (χ1v) is 13.4. The van der Waals surface area contributed by atoms with Gasteiger partial charge in [0.2, 0.25) is 6.41 Å². The first kappa shape index (κ1) is 29.2. The molecule has 1 amide bonds. The Balaban J connectivity index is 1.83. The number of para-hydroxylation sites is 1. The Morgan fingerprint density at radius 3 is 2.42 bits per heavy atom. The Kier molecular flexibility index (Phi) is 9.52. The number of ether oxygens (including phenoxy) is 2. The maximum Gasteiger partial charge on any atom is 0.211 e. The highest BCUT2D eigenvalue weighted by molar-refractivity contribution is 6.41. The van der Waals surface area contributed by atoms with Gasteiger partial charge in [0.15, 0.2) is 0 Å². The standard InChI is InChI=1S/C29H32Cl2N6O3/c1-17-8-6-9-20(34-16-38)28(17)36-24-13-19-18(15-33-24)12-21(35-29(19)32-10-7-11-37(2)3)25-26(30)22(39-4)14-23(40-5)27(25)31/h6,8-9,12-16H,7,10-11H2,1-5H3,(H,32,35)(H,33,36)(H,34,38). The zero-order chi connectivity index (χ0) is 28.8. The second kappa shape index (κ2) is 13.0. The van der Waals surface area contributed by atoms with Gasteiger partial charge in [0, 0.05) is 35.1 Å². The summed E-state index contributed by atoms with van der Waals surface area (Å²) in [6.07, 6.45) is 3.33. The lowest BCUT2D eigenvalue weighted by atomic mass is 10.1. The van der Waals surface area contributed by atoms with Crippen molar-refractivity contribution < 1.29 is 14.3 Å². The van der Waals surface area contributed by atoms with Gasteiger partial charge >= 0.3 is 0 Å². The van der Waals surface area contributed by atoms with E-state index in [1.54, 1.807) is 12.3 Å². The highest BCUT2D eigenvalue weighted by Crippen LogP contribution is 2.46. The number of aromatic nitrogens is 2. The minimum absolute atomic E-state index is 0.333. The first-order valence-electron chi connectivity index (χ1n) is 12.6. The predicted molar refractivity (Wildman–Crippen MR) is 164 cm³/mol. The van der Waals surface area contributed by atoms with Crippen molar-refractivity contribution in [2.75, 3.05) is 57.4 Å². The number of nitrogens with zero attached hydrogens (tertiary/aromatic N) is 3. The number of nitrogens with one attached hydrogen (secondary N) is 3. The average molecular weight is 584 g/mol. The number of amides is 1. The Hall–Kier alpha value is -3.79. The molecule has 9 nitrogen and oxygen atoms in total. The van der Waals surface area contributed by atoms with Crippen molar-refractivity contribution in [3.05, 3.63) is 58.2 Å². The van der Waals surface area contributed by atoms with E-state index in [4.69, 9.17) is 37.7 Å². The summed E-state index contributed by atoms with van der Waals surface area (Å²) in [4.78, 5) is 22.9. The first-order chi connectivity index (χ1) is 19.3. The number of anilines is 4. The van der Waals surface area contributed by atoms with Crippen molar-refractivity contribution in [1.82, 2.24) is 14.9 Å². The maximum atomic E-state index is 11.1. The number of carbonyl (C=O) groups excluding carboxylic acids is 1. The van der Waals surface area contributed by atoms with Gasteiger partial charge in [-0.2, -0.15) is 0 Å². The van der Waals surface area contributed by atoms with E-state index in [0.717, 1.165) is 35.0 Å². The average Bonchev–Trinajstić information content (AvgIpc) is 2.93. The molecule has 2 aromatic carbocycles. The number of halogens is 2.